The summed E-state index contributed by atoms with van der Waals surface area (Å²) in [6, 6.07) is 74.0. The lowest BCUT2D eigenvalue weighted by atomic mass is 9.98. The zero-order valence-corrected chi connectivity index (χ0v) is 29.9. The van der Waals surface area contributed by atoms with Crippen molar-refractivity contribution in [2.75, 3.05) is 4.90 Å². The van der Waals surface area contributed by atoms with Crippen LogP contribution in [0.2, 0.25) is 0 Å². The van der Waals surface area contributed by atoms with E-state index in [2.05, 4.69) is 204 Å². The topological polar surface area (TPSA) is 21.3 Å². The molecule has 0 unspecified atom stereocenters. The van der Waals surface area contributed by atoms with Crippen LogP contribution in [0.5, 0.6) is 0 Å². The first-order chi connectivity index (χ1) is 27.3. The second kappa shape index (κ2) is 12.6. The SMILES string of the molecule is c1ccc(-n2c3ccccc3c3ccccc32)c(-c2ccc(-c3ccc(N(c4ccc5oc6ccccc6c5c4)c4cccc5ccccc45)cc3)cc2)c1. The lowest BCUT2D eigenvalue weighted by Crippen LogP contribution is -2.10. The van der Waals surface area contributed by atoms with Gasteiger partial charge in [0.1, 0.15) is 11.2 Å². The quantitative estimate of drug-likeness (QED) is 0.172. The minimum atomic E-state index is 0.888. The van der Waals surface area contributed by atoms with Crippen molar-refractivity contribution in [2.24, 2.45) is 0 Å². The number of nitrogens with zero attached hydrogens (tertiary/aromatic N) is 2. The zero-order chi connectivity index (χ0) is 36.3. The minimum absolute atomic E-state index is 0.888. The highest BCUT2D eigenvalue weighted by atomic mass is 16.3. The van der Waals surface area contributed by atoms with Crippen LogP contribution in [0.4, 0.5) is 17.1 Å². The molecule has 0 spiro atoms. The van der Waals surface area contributed by atoms with Crippen LogP contribution in [0.1, 0.15) is 0 Å². The van der Waals surface area contributed by atoms with Crippen molar-refractivity contribution in [2.45, 2.75) is 0 Å². The van der Waals surface area contributed by atoms with Gasteiger partial charge in [-0.1, -0.05) is 146 Å². The van der Waals surface area contributed by atoms with Crippen LogP contribution in [-0.4, -0.2) is 4.57 Å². The second-order valence-electron chi connectivity index (χ2n) is 14.1. The molecule has 3 nitrogen and oxygen atoms in total. The van der Waals surface area contributed by atoms with Gasteiger partial charge < -0.3 is 13.9 Å². The number of rotatable bonds is 6. The van der Waals surface area contributed by atoms with E-state index in [4.69, 9.17) is 4.42 Å². The van der Waals surface area contributed by atoms with E-state index in [-0.39, 0.29) is 0 Å². The maximum Gasteiger partial charge on any atom is 0.135 e. The van der Waals surface area contributed by atoms with Gasteiger partial charge in [-0.2, -0.15) is 0 Å². The van der Waals surface area contributed by atoms with Gasteiger partial charge in [0.15, 0.2) is 0 Å². The summed E-state index contributed by atoms with van der Waals surface area (Å²) in [5.41, 5.74) is 13.4. The highest BCUT2D eigenvalue weighted by Crippen LogP contribution is 2.42. The molecule has 0 bridgehead atoms. The lowest BCUT2D eigenvalue weighted by molar-refractivity contribution is 0.669. The summed E-state index contributed by atoms with van der Waals surface area (Å²) in [7, 11) is 0. The summed E-state index contributed by atoms with van der Waals surface area (Å²) in [6.07, 6.45) is 0. The number of hydrogen-bond acceptors (Lipinski definition) is 2. The molecule has 0 amide bonds. The molecule has 0 aliphatic heterocycles. The van der Waals surface area contributed by atoms with E-state index < -0.39 is 0 Å². The monoisotopic (exact) mass is 702 g/mol. The van der Waals surface area contributed by atoms with Crippen molar-refractivity contribution in [1.29, 1.82) is 0 Å². The molecule has 55 heavy (non-hydrogen) atoms. The Morgan fingerprint density at radius 1 is 0.364 bits per heavy atom. The summed E-state index contributed by atoms with van der Waals surface area (Å²) in [5.74, 6) is 0. The first-order valence-electron chi connectivity index (χ1n) is 18.8. The van der Waals surface area contributed by atoms with Gasteiger partial charge in [0.05, 0.1) is 22.4 Å². The number of hydrogen-bond donors (Lipinski definition) is 0. The summed E-state index contributed by atoms with van der Waals surface area (Å²) in [6.45, 7) is 0. The average Bonchev–Trinajstić information content (AvgIpc) is 3.80. The Hall–Kier alpha value is -7.36. The second-order valence-corrected chi connectivity index (χ2v) is 14.1. The molecular weight excluding hydrogens is 669 g/mol. The molecule has 9 aromatic carbocycles. The summed E-state index contributed by atoms with van der Waals surface area (Å²) < 4.78 is 8.61. The van der Waals surface area contributed by atoms with Crippen LogP contribution < -0.4 is 4.90 Å². The van der Waals surface area contributed by atoms with Crippen molar-refractivity contribution < 1.29 is 4.42 Å². The van der Waals surface area contributed by atoms with Crippen LogP contribution in [0.3, 0.4) is 0 Å². The fourth-order valence-electron chi connectivity index (χ4n) is 8.42. The van der Waals surface area contributed by atoms with E-state index in [9.17, 15) is 0 Å². The molecule has 2 heterocycles. The van der Waals surface area contributed by atoms with Gasteiger partial charge in [0.25, 0.3) is 0 Å². The number of anilines is 3. The van der Waals surface area contributed by atoms with Gasteiger partial charge in [-0.3, -0.25) is 0 Å². The van der Waals surface area contributed by atoms with Gasteiger partial charge >= 0.3 is 0 Å². The van der Waals surface area contributed by atoms with E-state index in [1.165, 1.54) is 60.5 Å². The Morgan fingerprint density at radius 3 is 1.67 bits per heavy atom. The van der Waals surface area contributed by atoms with Crippen molar-refractivity contribution >= 4 is 71.6 Å². The Kier molecular flexibility index (Phi) is 7.17. The molecule has 0 atom stereocenters. The third-order valence-corrected chi connectivity index (χ3v) is 11.0. The molecule has 0 saturated carbocycles. The molecule has 258 valence electrons. The fourth-order valence-corrected chi connectivity index (χ4v) is 8.42. The maximum absolute atomic E-state index is 6.21. The van der Waals surface area contributed by atoms with E-state index in [0.29, 0.717) is 0 Å². The van der Waals surface area contributed by atoms with Crippen LogP contribution in [0.25, 0.3) is 82.5 Å². The summed E-state index contributed by atoms with van der Waals surface area (Å²) >= 11 is 0. The summed E-state index contributed by atoms with van der Waals surface area (Å²) in [5, 5.41) is 7.16. The third-order valence-electron chi connectivity index (χ3n) is 11.0. The molecule has 0 saturated heterocycles. The van der Waals surface area contributed by atoms with Crippen molar-refractivity contribution in [3.05, 3.63) is 206 Å². The first-order valence-corrected chi connectivity index (χ1v) is 18.8. The molecule has 3 heteroatoms. The molecule has 2 aromatic heterocycles. The summed E-state index contributed by atoms with van der Waals surface area (Å²) in [4.78, 5) is 2.36. The van der Waals surface area contributed by atoms with Crippen LogP contribution in [0.15, 0.2) is 211 Å². The van der Waals surface area contributed by atoms with E-state index in [1.807, 2.05) is 12.1 Å². The molecule has 0 fully saturated rings. The molecule has 11 aromatic rings. The van der Waals surface area contributed by atoms with Crippen molar-refractivity contribution in [3.63, 3.8) is 0 Å². The maximum atomic E-state index is 6.21. The highest BCUT2D eigenvalue weighted by molar-refractivity contribution is 6.10. The molecule has 0 aliphatic rings. The number of aromatic nitrogens is 1. The minimum Gasteiger partial charge on any atom is -0.456 e. The highest BCUT2D eigenvalue weighted by Gasteiger charge is 2.19. The number of benzene rings is 9. The molecule has 0 N–H and O–H groups in total. The molecular formula is C52H34N2O. The van der Waals surface area contributed by atoms with Gasteiger partial charge in [-0.15, -0.1) is 0 Å². The number of fused-ring (bicyclic) bond motifs is 7. The van der Waals surface area contributed by atoms with Crippen LogP contribution in [-0.2, 0) is 0 Å². The van der Waals surface area contributed by atoms with Gasteiger partial charge in [-0.25, -0.2) is 0 Å². The van der Waals surface area contributed by atoms with Gasteiger partial charge in [0.2, 0.25) is 0 Å². The normalized spacial score (nSPS) is 11.6. The van der Waals surface area contributed by atoms with Crippen LogP contribution >= 0.6 is 0 Å². The van der Waals surface area contributed by atoms with E-state index in [1.54, 1.807) is 0 Å². The molecule has 0 radical (unpaired) electrons. The predicted molar refractivity (Wildman–Crippen MR) is 231 cm³/mol. The number of furan rings is 1. The number of para-hydroxylation sites is 4. The standard InChI is InChI=1S/C52H34N2O/c1-2-14-41-37(12-1)13-11-22-47(41)53(40-32-33-52-46(34-40)45-18-6-10-23-51(45)55-52)39-30-28-36(29-31-39)35-24-26-38(27-25-35)42-15-3-7-19-48(42)54-49-20-8-4-16-43(49)44-17-5-9-21-50(44)54/h1-34H. The van der Waals surface area contributed by atoms with Gasteiger partial charge in [0, 0.05) is 43.9 Å². The Balaban J connectivity index is 0.980. The predicted octanol–water partition coefficient (Wildman–Crippen LogP) is 14.6. The van der Waals surface area contributed by atoms with Crippen LogP contribution in [0, 0.1) is 0 Å². The average molecular weight is 703 g/mol. The molecule has 11 rings (SSSR count). The molecule has 0 aliphatic carbocycles. The Bertz CT molecular complexity index is 3150. The largest absolute Gasteiger partial charge is 0.456 e. The van der Waals surface area contributed by atoms with Crippen molar-refractivity contribution in [3.8, 4) is 27.9 Å². The Morgan fingerprint density at radius 2 is 0.909 bits per heavy atom. The van der Waals surface area contributed by atoms with E-state index in [0.717, 1.165) is 39.0 Å². The van der Waals surface area contributed by atoms with Crippen molar-refractivity contribution in [1.82, 2.24) is 4.57 Å². The zero-order valence-electron chi connectivity index (χ0n) is 29.9. The fraction of sp³-hybridized carbons (Fsp3) is 0. The first kappa shape index (κ1) is 31.2. The van der Waals surface area contributed by atoms with E-state index >= 15 is 0 Å². The van der Waals surface area contributed by atoms with Gasteiger partial charge in [-0.05, 0) is 82.7 Å². The Labute approximate surface area is 318 Å². The smallest absolute Gasteiger partial charge is 0.135 e. The third kappa shape index (κ3) is 5.13. The lowest BCUT2D eigenvalue weighted by Gasteiger charge is -2.27.